The zero-order valence-corrected chi connectivity index (χ0v) is 15.8. The first-order valence-electron chi connectivity index (χ1n) is 9.83. The van der Waals surface area contributed by atoms with Crippen molar-refractivity contribution in [2.45, 2.75) is 31.4 Å². The van der Waals surface area contributed by atoms with Gasteiger partial charge in [-0.1, -0.05) is 24.3 Å². The monoisotopic (exact) mass is 377 g/mol. The second-order valence-electron chi connectivity index (χ2n) is 8.09. The first-order chi connectivity index (χ1) is 13.6. The lowest BCUT2D eigenvalue weighted by molar-refractivity contribution is -0.124. The van der Waals surface area contributed by atoms with Crippen molar-refractivity contribution in [1.29, 1.82) is 0 Å². The van der Waals surface area contributed by atoms with Crippen molar-refractivity contribution >= 4 is 11.7 Å². The van der Waals surface area contributed by atoms with Gasteiger partial charge in [-0.25, -0.2) is 0 Å². The summed E-state index contributed by atoms with van der Waals surface area (Å²) in [6, 6.07) is 15.1. The van der Waals surface area contributed by atoms with Crippen LogP contribution in [0.4, 0.5) is 0 Å². The molecular formula is C23H23NO4. The van der Waals surface area contributed by atoms with Gasteiger partial charge in [0.2, 0.25) is 5.91 Å². The molecule has 1 aliphatic heterocycles. The van der Waals surface area contributed by atoms with Crippen LogP contribution in [0.1, 0.15) is 35.2 Å². The number of para-hydroxylation sites is 1. The minimum atomic E-state index is -0.506. The topological polar surface area (TPSA) is 64.6 Å². The molecule has 2 fully saturated rings. The first-order valence-corrected chi connectivity index (χ1v) is 9.83. The summed E-state index contributed by atoms with van der Waals surface area (Å²) >= 11 is 0. The van der Waals surface area contributed by atoms with E-state index in [4.69, 9.17) is 9.47 Å². The molecule has 28 heavy (non-hydrogen) atoms. The maximum Gasteiger partial charge on any atom is 0.224 e. The predicted molar refractivity (Wildman–Crippen MR) is 103 cm³/mol. The highest BCUT2D eigenvalue weighted by molar-refractivity contribution is 6.00. The predicted octanol–water partition coefficient (Wildman–Crippen LogP) is 3.37. The van der Waals surface area contributed by atoms with Gasteiger partial charge in [0.15, 0.2) is 5.78 Å². The zero-order chi connectivity index (χ0) is 19.3. The van der Waals surface area contributed by atoms with E-state index in [1.54, 1.807) is 7.11 Å². The SMILES string of the molecule is COc1cccc(CNC(=O)[C@@H]2[C@@H]3CC[C@]4(CC(=O)c5ccccc5O4)[C@H]32)c1. The average Bonchev–Trinajstić information content (AvgIpc) is 3.37. The second-order valence-corrected chi connectivity index (χ2v) is 8.09. The standard InChI is InChI=1S/C23H23NO4/c1-27-15-6-4-5-14(11-15)13-24-22(26)20-17-9-10-23(21(17)20)12-18(25)16-7-2-3-8-19(16)28-23/h2-8,11,17,20-21H,9-10,12-13H2,1H3,(H,24,26)/t17-,20+,21+,23-/m0/s1. The van der Waals surface area contributed by atoms with E-state index in [0.29, 0.717) is 30.2 Å². The van der Waals surface area contributed by atoms with Gasteiger partial charge in [0, 0.05) is 18.4 Å². The van der Waals surface area contributed by atoms with Crippen molar-refractivity contribution in [3.05, 3.63) is 59.7 Å². The van der Waals surface area contributed by atoms with Crippen LogP contribution in [0, 0.1) is 17.8 Å². The molecular weight excluding hydrogens is 354 g/mol. The number of carbonyl (C=O) groups excluding carboxylic acids is 2. The van der Waals surface area contributed by atoms with Gasteiger partial charge in [-0.05, 0) is 48.6 Å². The second kappa shape index (κ2) is 6.36. The minimum Gasteiger partial charge on any atom is -0.497 e. The Kier molecular flexibility index (Phi) is 3.93. The molecule has 3 aliphatic rings. The maximum absolute atomic E-state index is 12.8. The van der Waals surface area contributed by atoms with Crippen LogP contribution >= 0.6 is 0 Å². The van der Waals surface area contributed by atoms with Crippen LogP contribution in [0.25, 0.3) is 0 Å². The molecule has 2 saturated carbocycles. The van der Waals surface area contributed by atoms with Crippen LogP contribution in [-0.2, 0) is 11.3 Å². The molecule has 2 aromatic rings. The summed E-state index contributed by atoms with van der Waals surface area (Å²) in [6.07, 6.45) is 2.17. The smallest absolute Gasteiger partial charge is 0.224 e. The molecule has 1 spiro atoms. The lowest BCUT2D eigenvalue weighted by atomic mass is 9.84. The highest BCUT2D eigenvalue weighted by Gasteiger charge is 2.70. The van der Waals surface area contributed by atoms with Crippen LogP contribution in [0.3, 0.4) is 0 Å². The lowest BCUT2D eigenvalue weighted by Crippen LogP contribution is -2.44. The van der Waals surface area contributed by atoms with Gasteiger partial charge in [-0.3, -0.25) is 9.59 Å². The van der Waals surface area contributed by atoms with Gasteiger partial charge in [0.1, 0.15) is 17.1 Å². The molecule has 5 nitrogen and oxygen atoms in total. The van der Waals surface area contributed by atoms with E-state index in [0.717, 1.165) is 24.2 Å². The van der Waals surface area contributed by atoms with E-state index in [9.17, 15) is 9.59 Å². The van der Waals surface area contributed by atoms with Gasteiger partial charge in [-0.15, -0.1) is 0 Å². The molecule has 1 amide bonds. The molecule has 0 radical (unpaired) electrons. The van der Waals surface area contributed by atoms with Gasteiger partial charge < -0.3 is 14.8 Å². The van der Waals surface area contributed by atoms with Crippen LogP contribution in [0.5, 0.6) is 11.5 Å². The highest BCUT2D eigenvalue weighted by Crippen LogP contribution is 2.65. The summed E-state index contributed by atoms with van der Waals surface area (Å²) in [5.41, 5.74) is 1.16. The zero-order valence-electron chi connectivity index (χ0n) is 15.8. The number of amides is 1. The Hall–Kier alpha value is -2.82. The summed E-state index contributed by atoms with van der Waals surface area (Å²) in [5, 5.41) is 3.06. The molecule has 5 rings (SSSR count). The number of carbonyl (C=O) groups is 2. The average molecular weight is 377 g/mol. The van der Waals surface area contributed by atoms with Crippen molar-refractivity contribution in [3.8, 4) is 11.5 Å². The highest BCUT2D eigenvalue weighted by atomic mass is 16.5. The molecule has 0 saturated heterocycles. The van der Waals surface area contributed by atoms with Crippen LogP contribution in [0.2, 0.25) is 0 Å². The fraction of sp³-hybridized carbons (Fsp3) is 0.391. The molecule has 2 aromatic carbocycles. The molecule has 0 aromatic heterocycles. The van der Waals surface area contributed by atoms with E-state index in [1.807, 2.05) is 48.5 Å². The fourth-order valence-corrected chi connectivity index (χ4v) is 5.21. The van der Waals surface area contributed by atoms with E-state index < -0.39 is 5.60 Å². The molecule has 4 atom stereocenters. The van der Waals surface area contributed by atoms with Gasteiger partial charge in [-0.2, -0.15) is 0 Å². The van der Waals surface area contributed by atoms with Crippen molar-refractivity contribution in [1.82, 2.24) is 5.32 Å². The molecule has 5 heteroatoms. The van der Waals surface area contributed by atoms with Crippen molar-refractivity contribution in [3.63, 3.8) is 0 Å². The third-order valence-electron chi connectivity index (χ3n) is 6.54. The molecule has 0 unspecified atom stereocenters. The first kappa shape index (κ1) is 17.3. The normalized spacial score (nSPS) is 29.6. The number of ether oxygens (including phenoxy) is 2. The van der Waals surface area contributed by atoms with Gasteiger partial charge in [0.25, 0.3) is 0 Å². The molecule has 1 heterocycles. The third-order valence-corrected chi connectivity index (χ3v) is 6.54. The Bertz CT molecular complexity index is 955. The molecule has 0 bridgehead atoms. The number of nitrogens with one attached hydrogen (secondary N) is 1. The largest absolute Gasteiger partial charge is 0.497 e. The van der Waals surface area contributed by atoms with E-state index in [-0.39, 0.29) is 23.5 Å². The summed E-state index contributed by atoms with van der Waals surface area (Å²) in [7, 11) is 1.63. The Balaban J connectivity index is 1.28. The number of methoxy groups -OCH3 is 1. The van der Waals surface area contributed by atoms with Gasteiger partial charge >= 0.3 is 0 Å². The van der Waals surface area contributed by atoms with Crippen LogP contribution in [-0.4, -0.2) is 24.4 Å². The number of rotatable bonds is 4. The molecule has 2 aliphatic carbocycles. The Morgan fingerprint density at radius 3 is 2.96 bits per heavy atom. The summed E-state index contributed by atoms with van der Waals surface area (Å²) in [4.78, 5) is 25.5. The van der Waals surface area contributed by atoms with E-state index in [2.05, 4.69) is 5.32 Å². The summed E-state index contributed by atoms with van der Waals surface area (Å²) in [5.74, 6) is 2.04. The van der Waals surface area contributed by atoms with Gasteiger partial charge in [0.05, 0.1) is 19.1 Å². The quantitative estimate of drug-likeness (QED) is 0.887. The fourth-order valence-electron chi connectivity index (χ4n) is 5.21. The molecule has 1 N–H and O–H groups in total. The number of hydrogen-bond acceptors (Lipinski definition) is 4. The Morgan fingerprint density at radius 1 is 1.25 bits per heavy atom. The number of benzene rings is 2. The Labute approximate surface area is 164 Å². The van der Waals surface area contributed by atoms with Crippen molar-refractivity contribution in [2.24, 2.45) is 17.8 Å². The lowest BCUT2D eigenvalue weighted by Gasteiger charge is -2.37. The summed E-state index contributed by atoms with van der Waals surface area (Å²) in [6.45, 7) is 0.474. The molecule has 144 valence electrons. The maximum atomic E-state index is 12.8. The van der Waals surface area contributed by atoms with Crippen LogP contribution in [0.15, 0.2) is 48.5 Å². The third kappa shape index (κ3) is 2.68. The number of fused-ring (bicyclic) bond motifs is 3. The van der Waals surface area contributed by atoms with E-state index >= 15 is 0 Å². The Morgan fingerprint density at radius 2 is 2.11 bits per heavy atom. The number of Topliss-reactive ketones (excluding diaryl/α,β-unsaturated/α-hetero) is 1. The number of hydrogen-bond donors (Lipinski definition) is 1. The minimum absolute atomic E-state index is 0.0579. The summed E-state index contributed by atoms with van der Waals surface area (Å²) < 4.78 is 11.6. The van der Waals surface area contributed by atoms with E-state index in [1.165, 1.54) is 0 Å². The van der Waals surface area contributed by atoms with Crippen molar-refractivity contribution < 1.29 is 19.1 Å². The number of ketones is 1. The van der Waals surface area contributed by atoms with Crippen LogP contribution < -0.4 is 14.8 Å². The van der Waals surface area contributed by atoms with Crippen molar-refractivity contribution in [2.75, 3.05) is 7.11 Å².